The highest BCUT2D eigenvalue weighted by atomic mass is 32.2. The zero-order chi connectivity index (χ0) is 22.3. The molecule has 2 heterocycles. The summed E-state index contributed by atoms with van der Waals surface area (Å²) < 4.78 is 111. The molecule has 15 heteroatoms. The minimum absolute atomic E-state index is 0.0619. The summed E-state index contributed by atoms with van der Waals surface area (Å²) in [6.07, 6.45) is -9.22. The summed E-state index contributed by atoms with van der Waals surface area (Å²) >= 11 is 0. The number of pyridine rings is 1. The zero-order valence-electron chi connectivity index (χ0n) is 14.2. The van der Waals surface area contributed by atoms with Gasteiger partial charge in [0.15, 0.2) is 11.6 Å². The summed E-state index contributed by atoms with van der Waals surface area (Å²) in [6.45, 7) is 0. The van der Waals surface area contributed by atoms with Gasteiger partial charge in [-0.15, -0.1) is 18.3 Å². The predicted molar refractivity (Wildman–Crippen MR) is 86.1 cm³/mol. The molecular weight excluding hydrogens is 446 g/mol. The molecule has 8 nitrogen and oxygen atoms in total. The molecule has 0 spiro atoms. The van der Waals surface area contributed by atoms with Gasteiger partial charge in [0.1, 0.15) is 10.6 Å². The Morgan fingerprint density at radius 1 is 0.967 bits per heavy atom. The predicted octanol–water partition coefficient (Wildman–Crippen LogP) is 3.49. The smallest absolute Gasteiger partial charge is 0.406 e. The molecule has 2 aromatic heterocycles. The van der Waals surface area contributed by atoms with Crippen molar-refractivity contribution in [3.63, 3.8) is 0 Å². The first kappa shape index (κ1) is 21.5. The zero-order valence-corrected chi connectivity index (χ0v) is 15.0. The van der Waals surface area contributed by atoms with Crippen LogP contribution in [0.3, 0.4) is 0 Å². The van der Waals surface area contributed by atoms with Crippen molar-refractivity contribution in [2.24, 2.45) is 0 Å². The molecule has 0 amide bonds. The lowest BCUT2D eigenvalue weighted by Gasteiger charge is -2.09. The summed E-state index contributed by atoms with van der Waals surface area (Å²) in [5.74, 6) is -2.90. The molecule has 0 saturated carbocycles. The van der Waals surface area contributed by atoms with Crippen molar-refractivity contribution >= 4 is 10.1 Å². The third kappa shape index (κ3) is 4.85. The third-order valence-corrected chi connectivity index (χ3v) is 4.28. The fourth-order valence-corrected chi connectivity index (χ4v) is 2.66. The van der Waals surface area contributed by atoms with Crippen LogP contribution >= 0.6 is 0 Å². The summed E-state index contributed by atoms with van der Waals surface area (Å²) in [6, 6.07) is 5.61. The molecule has 0 fully saturated rings. The molecule has 0 unspecified atom stereocenters. The van der Waals surface area contributed by atoms with E-state index in [1.807, 2.05) is 0 Å². The molecule has 0 radical (unpaired) electrons. The van der Waals surface area contributed by atoms with Crippen molar-refractivity contribution in [3.8, 4) is 23.0 Å². The Morgan fingerprint density at radius 2 is 1.60 bits per heavy atom. The maximum absolute atomic E-state index is 13.1. The van der Waals surface area contributed by atoms with Crippen molar-refractivity contribution in [2.45, 2.75) is 17.4 Å². The minimum atomic E-state index is -4.95. The van der Waals surface area contributed by atoms with Crippen LogP contribution in [0.2, 0.25) is 0 Å². The van der Waals surface area contributed by atoms with Crippen LogP contribution in [0.5, 0.6) is 5.75 Å². The van der Waals surface area contributed by atoms with Gasteiger partial charge in [0.05, 0.1) is 6.20 Å². The number of alkyl halides is 6. The van der Waals surface area contributed by atoms with Crippen LogP contribution in [0, 0.1) is 0 Å². The van der Waals surface area contributed by atoms with E-state index in [0.29, 0.717) is 10.9 Å². The number of hydrogen-bond donors (Lipinski definition) is 1. The van der Waals surface area contributed by atoms with Crippen LogP contribution in [0.4, 0.5) is 26.3 Å². The van der Waals surface area contributed by atoms with Crippen molar-refractivity contribution in [1.29, 1.82) is 0 Å². The van der Waals surface area contributed by atoms with Crippen molar-refractivity contribution in [1.82, 2.24) is 19.7 Å². The first-order valence-electron chi connectivity index (χ1n) is 7.58. The second-order valence-corrected chi connectivity index (χ2v) is 6.99. The average molecular weight is 454 g/mol. The molecule has 0 aliphatic carbocycles. The van der Waals surface area contributed by atoms with E-state index in [1.54, 1.807) is 0 Å². The van der Waals surface area contributed by atoms with Gasteiger partial charge in [-0.25, -0.2) is 9.97 Å². The van der Waals surface area contributed by atoms with Crippen LogP contribution in [-0.2, 0) is 16.3 Å². The van der Waals surface area contributed by atoms with Gasteiger partial charge in [-0.3, -0.25) is 4.55 Å². The molecule has 30 heavy (non-hydrogen) atoms. The highest BCUT2D eigenvalue weighted by molar-refractivity contribution is 7.85. The fourth-order valence-electron chi connectivity index (χ4n) is 2.23. The van der Waals surface area contributed by atoms with Gasteiger partial charge in [-0.05, 0) is 36.4 Å². The molecule has 0 bridgehead atoms. The van der Waals surface area contributed by atoms with E-state index in [9.17, 15) is 34.8 Å². The number of ether oxygens (including phenoxy) is 1. The largest absolute Gasteiger partial charge is 0.573 e. The van der Waals surface area contributed by atoms with Gasteiger partial charge in [0.2, 0.25) is 0 Å². The van der Waals surface area contributed by atoms with Crippen molar-refractivity contribution in [2.75, 3.05) is 0 Å². The second kappa shape index (κ2) is 7.24. The number of halogens is 6. The van der Waals surface area contributed by atoms with Gasteiger partial charge in [0, 0.05) is 5.56 Å². The van der Waals surface area contributed by atoms with E-state index in [0.717, 1.165) is 36.4 Å². The fraction of sp³-hybridized carbons (Fsp3) is 0.133. The Balaban J connectivity index is 2.07. The molecule has 160 valence electrons. The average Bonchev–Trinajstić information content (AvgIpc) is 3.06. The standard InChI is InChI=1S/C15H8F6N4O4S/c16-14(17,18)13-23-12(8-1-3-9(4-2-8)29-15(19,20)21)25(24-13)11-6-5-10(7-22-11)30(26,27)28/h1-7H,(H,26,27,28). The third-order valence-electron chi connectivity index (χ3n) is 3.44. The normalized spacial score (nSPS) is 12.8. The Bertz CT molecular complexity index is 1160. The number of rotatable bonds is 4. The van der Waals surface area contributed by atoms with E-state index in [-0.39, 0.29) is 11.4 Å². The van der Waals surface area contributed by atoms with Gasteiger partial charge >= 0.3 is 12.5 Å². The van der Waals surface area contributed by atoms with Crippen LogP contribution in [0.15, 0.2) is 47.5 Å². The summed E-state index contributed by atoms with van der Waals surface area (Å²) in [4.78, 5) is 6.39. The Hall–Kier alpha value is -3.20. The van der Waals surface area contributed by atoms with Gasteiger partial charge in [0.25, 0.3) is 15.9 Å². The molecule has 0 atom stereocenters. The van der Waals surface area contributed by atoms with Crippen LogP contribution in [0.25, 0.3) is 17.2 Å². The molecule has 3 aromatic rings. The van der Waals surface area contributed by atoms with E-state index in [4.69, 9.17) is 4.55 Å². The molecule has 0 aliphatic heterocycles. The molecule has 3 rings (SSSR count). The van der Waals surface area contributed by atoms with Crippen molar-refractivity contribution < 1.29 is 44.0 Å². The quantitative estimate of drug-likeness (QED) is 0.475. The van der Waals surface area contributed by atoms with Gasteiger partial charge in [-0.1, -0.05) is 0 Å². The van der Waals surface area contributed by atoms with E-state index >= 15 is 0 Å². The summed E-state index contributed by atoms with van der Waals surface area (Å²) in [5.41, 5.74) is -0.0619. The molecular formula is C15H8F6N4O4S. The number of nitrogens with zero attached hydrogens (tertiary/aromatic N) is 4. The molecule has 0 aliphatic rings. The Labute approximate surface area is 163 Å². The van der Waals surface area contributed by atoms with Crippen LogP contribution in [-0.4, -0.2) is 39.1 Å². The lowest BCUT2D eigenvalue weighted by atomic mass is 10.2. The number of aromatic nitrogens is 4. The van der Waals surface area contributed by atoms with Gasteiger partial charge < -0.3 is 4.74 Å². The first-order valence-corrected chi connectivity index (χ1v) is 9.02. The van der Waals surface area contributed by atoms with Crippen LogP contribution < -0.4 is 4.74 Å². The molecule has 1 N–H and O–H groups in total. The lowest BCUT2D eigenvalue weighted by Crippen LogP contribution is -2.16. The van der Waals surface area contributed by atoms with Crippen molar-refractivity contribution in [3.05, 3.63) is 48.4 Å². The molecule has 1 aromatic carbocycles. The van der Waals surface area contributed by atoms with Gasteiger partial charge in [-0.2, -0.15) is 26.3 Å². The lowest BCUT2D eigenvalue weighted by molar-refractivity contribution is -0.274. The van der Waals surface area contributed by atoms with E-state index < -0.39 is 45.0 Å². The first-order chi connectivity index (χ1) is 13.7. The van der Waals surface area contributed by atoms with E-state index in [2.05, 4.69) is 19.8 Å². The monoisotopic (exact) mass is 454 g/mol. The maximum atomic E-state index is 13.1. The second-order valence-electron chi connectivity index (χ2n) is 5.57. The SMILES string of the molecule is O=S(=O)(O)c1ccc(-n2nc(C(F)(F)F)nc2-c2ccc(OC(F)(F)F)cc2)nc1. The highest BCUT2D eigenvalue weighted by Gasteiger charge is 2.38. The number of hydrogen-bond acceptors (Lipinski definition) is 6. The number of benzene rings is 1. The topological polar surface area (TPSA) is 107 Å². The Morgan fingerprint density at radius 3 is 2.07 bits per heavy atom. The van der Waals surface area contributed by atoms with E-state index in [1.165, 1.54) is 0 Å². The molecule has 0 saturated heterocycles. The van der Waals surface area contributed by atoms with Crippen LogP contribution in [0.1, 0.15) is 5.82 Å². The highest BCUT2D eigenvalue weighted by Crippen LogP contribution is 2.31. The minimum Gasteiger partial charge on any atom is -0.406 e. The Kier molecular flexibility index (Phi) is 5.19. The summed E-state index contributed by atoms with van der Waals surface area (Å²) in [5, 5.41) is 3.30. The summed E-state index contributed by atoms with van der Waals surface area (Å²) in [7, 11) is -4.60. The maximum Gasteiger partial charge on any atom is 0.573 e.